The number of aromatic nitrogens is 1. The first-order chi connectivity index (χ1) is 12.7. The molecule has 8 heteroatoms. The molecule has 0 bridgehead atoms. The second-order valence-electron chi connectivity index (χ2n) is 5.54. The summed E-state index contributed by atoms with van der Waals surface area (Å²) in [6.07, 6.45) is 4.08. The van der Waals surface area contributed by atoms with Crippen molar-refractivity contribution >= 4 is 29.9 Å². The van der Waals surface area contributed by atoms with Crippen LogP contribution < -0.4 is 24.8 Å². The lowest BCUT2D eigenvalue weighted by molar-refractivity contribution is 0.288. The minimum absolute atomic E-state index is 0. The minimum Gasteiger partial charge on any atom is -0.493 e. The number of hydrogen-bond donors (Lipinski definition) is 2. The largest absolute Gasteiger partial charge is 0.493 e. The third kappa shape index (κ3) is 6.85. The van der Waals surface area contributed by atoms with Crippen LogP contribution in [0.4, 0.5) is 0 Å². The molecule has 0 unspecified atom stereocenters. The lowest BCUT2D eigenvalue weighted by Crippen LogP contribution is -2.38. The molecule has 1 aromatic carbocycles. The molecule has 7 nitrogen and oxygen atoms in total. The highest BCUT2D eigenvalue weighted by atomic mass is 127. The van der Waals surface area contributed by atoms with Crippen molar-refractivity contribution in [1.29, 1.82) is 0 Å². The van der Waals surface area contributed by atoms with Crippen LogP contribution in [0.5, 0.6) is 17.2 Å². The molecule has 0 atom stereocenters. The molecule has 0 aliphatic carbocycles. The Balaban J connectivity index is 0.00000364. The maximum absolute atomic E-state index is 5.63. The lowest BCUT2D eigenvalue weighted by Gasteiger charge is -2.16. The van der Waals surface area contributed by atoms with Crippen molar-refractivity contribution in [3.8, 4) is 17.2 Å². The topological polar surface area (TPSA) is 69.0 Å². The number of rotatable bonds is 9. The van der Waals surface area contributed by atoms with Gasteiger partial charge in [0.05, 0.1) is 20.8 Å². The molecule has 2 aromatic rings. The molecule has 27 heavy (non-hydrogen) atoms. The molecule has 2 rings (SSSR count). The summed E-state index contributed by atoms with van der Waals surface area (Å²) in [5.41, 5.74) is 1.01. The number of guanidine groups is 1. The van der Waals surface area contributed by atoms with Crippen LogP contribution in [0.25, 0.3) is 0 Å². The molecule has 2 N–H and O–H groups in total. The van der Waals surface area contributed by atoms with E-state index < -0.39 is 0 Å². The van der Waals surface area contributed by atoms with E-state index in [9.17, 15) is 0 Å². The quantitative estimate of drug-likeness (QED) is 0.323. The Bertz CT molecular complexity index is 680. The number of halogens is 1. The molecule has 0 saturated heterocycles. The first-order valence-electron chi connectivity index (χ1n) is 8.64. The van der Waals surface area contributed by atoms with Crippen molar-refractivity contribution in [3.05, 3.63) is 42.2 Å². The van der Waals surface area contributed by atoms with E-state index in [1.165, 1.54) is 0 Å². The molecule has 0 amide bonds. The Kier molecular flexibility index (Phi) is 10.5. The summed E-state index contributed by atoms with van der Waals surface area (Å²) >= 11 is 0. The Labute approximate surface area is 178 Å². The summed E-state index contributed by atoms with van der Waals surface area (Å²) in [6.45, 7) is 4.71. The summed E-state index contributed by atoms with van der Waals surface area (Å²) in [6, 6.07) is 7.90. The summed E-state index contributed by atoms with van der Waals surface area (Å²) < 4.78 is 18.6. The number of hydrogen-bond acceptors (Lipinski definition) is 4. The summed E-state index contributed by atoms with van der Waals surface area (Å²) in [5, 5.41) is 6.60. The van der Waals surface area contributed by atoms with E-state index in [1.54, 1.807) is 21.3 Å². The molecule has 0 radical (unpaired) electrons. The Morgan fingerprint density at radius 2 is 1.70 bits per heavy atom. The monoisotopic (exact) mass is 488 g/mol. The number of nitrogens with zero attached hydrogens (tertiary/aromatic N) is 2. The van der Waals surface area contributed by atoms with E-state index in [4.69, 9.17) is 14.2 Å². The molecule has 0 spiro atoms. The van der Waals surface area contributed by atoms with Gasteiger partial charge in [-0.3, -0.25) is 4.99 Å². The fourth-order valence-corrected chi connectivity index (χ4v) is 2.55. The van der Waals surface area contributed by atoms with Gasteiger partial charge in [0.15, 0.2) is 17.5 Å². The zero-order valence-electron chi connectivity index (χ0n) is 16.3. The van der Waals surface area contributed by atoms with Crippen LogP contribution in [0.1, 0.15) is 12.5 Å². The van der Waals surface area contributed by atoms with Crippen LogP contribution in [0, 0.1) is 0 Å². The number of benzene rings is 1. The van der Waals surface area contributed by atoms with E-state index >= 15 is 0 Å². The first-order valence-corrected chi connectivity index (χ1v) is 8.64. The van der Waals surface area contributed by atoms with Gasteiger partial charge in [0.2, 0.25) is 5.75 Å². The van der Waals surface area contributed by atoms with Crippen LogP contribution in [0.3, 0.4) is 0 Å². The minimum atomic E-state index is 0. The standard InChI is InChI=1S/C19H28N4O3.HI/c1-5-26-18-16(24-3)12-15(13-17(18)25-4)14-22-19(20-2)21-8-11-23-9-6-7-10-23;/h6-7,9-10,12-13H,5,8,11,14H2,1-4H3,(H2,20,21,22);1H. The third-order valence-corrected chi connectivity index (χ3v) is 3.82. The Hall–Kier alpha value is -2.10. The molecule has 1 aromatic heterocycles. The van der Waals surface area contributed by atoms with Crippen LogP contribution in [-0.2, 0) is 13.1 Å². The zero-order valence-corrected chi connectivity index (χ0v) is 18.7. The number of nitrogens with one attached hydrogen (secondary N) is 2. The van der Waals surface area contributed by atoms with E-state index in [0.717, 1.165) is 24.6 Å². The van der Waals surface area contributed by atoms with Gasteiger partial charge in [0, 0.05) is 39.1 Å². The van der Waals surface area contributed by atoms with Gasteiger partial charge in [-0.05, 0) is 36.8 Å². The van der Waals surface area contributed by atoms with Gasteiger partial charge in [-0.1, -0.05) is 0 Å². The van der Waals surface area contributed by atoms with E-state index in [2.05, 4.69) is 20.2 Å². The fourth-order valence-electron chi connectivity index (χ4n) is 2.55. The normalized spacial score (nSPS) is 10.7. The highest BCUT2D eigenvalue weighted by molar-refractivity contribution is 14.0. The maximum Gasteiger partial charge on any atom is 0.203 e. The molecule has 0 aliphatic rings. The predicted molar refractivity (Wildman–Crippen MR) is 119 cm³/mol. The third-order valence-electron chi connectivity index (χ3n) is 3.82. The van der Waals surface area contributed by atoms with Crippen molar-refractivity contribution in [3.63, 3.8) is 0 Å². The molecule has 0 saturated carbocycles. The lowest BCUT2D eigenvalue weighted by atomic mass is 10.2. The molecule has 0 aliphatic heterocycles. The van der Waals surface area contributed by atoms with Crippen molar-refractivity contribution < 1.29 is 14.2 Å². The SMILES string of the molecule is CCOc1c(OC)cc(CNC(=NC)NCCn2cccc2)cc1OC.I. The molecular weight excluding hydrogens is 459 g/mol. The van der Waals surface area contributed by atoms with Crippen molar-refractivity contribution in [2.75, 3.05) is 34.4 Å². The maximum atomic E-state index is 5.63. The molecule has 1 heterocycles. The van der Waals surface area contributed by atoms with Gasteiger partial charge in [-0.2, -0.15) is 0 Å². The van der Waals surface area contributed by atoms with Crippen molar-refractivity contribution in [1.82, 2.24) is 15.2 Å². The molecular formula is C19H29IN4O3. The average molecular weight is 488 g/mol. The Morgan fingerprint density at radius 1 is 1.07 bits per heavy atom. The number of ether oxygens (including phenoxy) is 3. The number of methoxy groups -OCH3 is 2. The number of aliphatic imine (C=N–C) groups is 1. The van der Waals surface area contributed by atoms with Crippen molar-refractivity contribution in [2.24, 2.45) is 4.99 Å². The van der Waals surface area contributed by atoms with Gasteiger partial charge in [-0.15, -0.1) is 24.0 Å². The molecule has 0 fully saturated rings. The van der Waals surface area contributed by atoms with Gasteiger partial charge >= 0.3 is 0 Å². The van der Waals surface area contributed by atoms with E-state index in [0.29, 0.717) is 30.4 Å². The van der Waals surface area contributed by atoms with Gasteiger partial charge in [0.1, 0.15) is 0 Å². The zero-order chi connectivity index (χ0) is 18.8. The summed E-state index contributed by atoms with van der Waals surface area (Å²) in [7, 11) is 5.00. The van der Waals surface area contributed by atoms with Gasteiger partial charge in [0.25, 0.3) is 0 Å². The summed E-state index contributed by atoms with van der Waals surface area (Å²) in [5.74, 6) is 2.66. The summed E-state index contributed by atoms with van der Waals surface area (Å²) in [4.78, 5) is 4.25. The second kappa shape index (κ2) is 12.3. The highest BCUT2D eigenvalue weighted by Crippen LogP contribution is 2.38. The second-order valence-corrected chi connectivity index (χ2v) is 5.54. The van der Waals surface area contributed by atoms with Crippen LogP contribution in [0.2, 0.25) is 0 Å². The van der Waals surface area contributed by atoms with Crippen LogP contribution in [-0.4, -0.2) is 44.9 Å². The fraction of sp³-hybridized carbons (Fsp3) is 0.421. The molecule has 150 valence electrons. The van der Waals surface area contributed by atoms with E-state index in [1.807, 2.05) is 43.6 Å². The predicted octanol–water partition coefficient (Wildman–Crippen LogP) is 2.89. The van der Waals surface area contributed by atoms with E-state index in [-0.39, 0.29) is 24.0 Å². The smallest absolute Gasteiger partial charge is 0.203 e. The van der Waals surface area contributed by atoms with Crippen LogP contribution >= 0.6 is 24.0 Å². The van der Waals surface area contributed by atoms with Gasteiger partial charge < -0.3 is 29.4 Å². The van der Waals surface area contributed by atoms with Gasteiger partial charge in [-0.25, -0.2) is 0 Å². The highest BCUT2D eigenvalue weighted by Gasteiger charge is 2.14. The Morgan fingerprint density at radius 3 is 2.22 bits per heavy atom. The van der Waals surface area contributed by atoms with Crippen molar-refractivity contribution in [2.45, 2.75) is 20.0 Å². The average Bonchev–Trinajstić information content (AvgIpc) is 3.18. The first kappa shape index (κ1) is 22.9. The van der Waals surface area contributed by atoms with Crippen LogP contribution in [0.15, 0.2) is 41.7 Å².